The van der Waals surface area contributed by atoms with E-state index in [4.69, 9.17) is 9.47 Å². The first-order chi connectivity index (χ1) is 10.3. The van der Waals surface area contributed by atoms with E-state index in [0.717, 1.165) is 23.5 Å². The fourth-order valence-corrected chi connectivity index (χ4v) is 1.91. The van der Waals surface area contributed by atoms with Crippen LogP contribution in [-0.4, -0.2) is 6.10 Å². The van der Waals surface area contributed by atoms with Crippen LogP contribution in [0.5, 0.6) is 11.5 Å². The quantitative estimate of drug-likeness (QED) is 0.648. The van der Waals surface area contributed by atoms with Gasteiger partial charge in [-0.3, -0.25) is 0 Å². The molecule has 0 saturated heterocycles. The molecule has 0 aliphatic carbocycles. The summed E-state index contributed by atoms with van der Waals surface area (Å²) in [6, 6.07) is 17.7. The van der Waals surface area contributed by atoms with Crippen LogP contribution < -0.4 is 9.47 Å². The Morgan fingerprint density at radius 2 is 1.71 bits per heavy atom. The van der Waals surface area contributed by atoms with Crippen LogP contribution in [0, 0.1) is 0 Å². The van der Waals surface area contributed by atoms with Crippen LogP contribution >= 0.6 is 0 Å². The average Bonchev–Trinajstić information content (AvgIpc) is 2.54. The summed E-state index contributed by atoms with van der Waals surface area (Å²) in [5.74, 6) is 1.56. The zero-order valence-corrected chi connectivity index (χ0v) is 12.1. The molecular formula is C19H20O2. The molecule has 0 spiro atoms. The van der Waals surface area contributed by atoms with Crippen molar-refractivity contribution in [3.63, 3.8) is 0 Å². The van der Waals surface area contributed by atoms with Crippen molar-refractivity contribution in [2.45, 2.75) is 19.1 Å². The van der Waals surface area contributed by atoms with Gasteiger partial charge < -0.3 is 9.47 Å². The lowest BCUT2D eigenvalue weighted by molar-refractivity contribution is 0.250. The van der Waals surface area contributed by atoms with E-state index in [1.54, 1.807) is 6.08 Å². The van der Waals surface area contributed by atoms with Crippen molar-refractivity contribution in [2.75, 3.05) is 0 Å². The van der Waals surface area contributed by atoms with Gasteiger partial charge in [-0.15, -0.1) is 6.58 Å². The summed E-state index contributed by atoms with van der Waals surface area (Å²) in [7, 11) is 0. The number of hydrogen-bond acceptors (Lipinski definition) is 2. The van der Waals surface area contributed by atoms with Crippen molar-refractivity contribution in [1.82, 2.24) is 0 Å². The third-order valence-electron chi connectivity index (χ3n) is 3.00. The summed E-state index contributed by atoms with van der Waals surface area (Å²) in [6.07, 6.45) is 4.27. The second-order valence-corrected chi connectivity index (χ2v) is 4.67. The van der Waals surface area contributed by atoms with E-state index < -0.39 is 0 Å². The first-order valence-corrected chi connectivity index (χ1v) is 6.98. The summed E-state index contributed by atoms with van der Waals surface area (Å²) in [5.41, 5.74) is 1.14. The second-order valence-electron chi connectivity index (χ2n) is 4.67. The van der Waals surface area contributed by atoms with Crippen molar-refractivity contribution in [3.8, 4) is 11.5 Å². The zero-order valence-electron chi connectivity index (χ0n) is 12.1. The van der Waals surface area contributed by atoms with Crippen LogP contribution in [0.25, 0.3) is 0 Å². The summed E-state index contributed by atoms with van der Waals surface area (Å²) < 4.78 is 11.6. The molecule has 0 radical (unpaired) electrons. The van der Waals surface area contributed by atoms with Gasteiger partial charge >= 0.3 is 0 Å². The predicted octanol–water partition coefficient (Wildman–Crippen LogP) is 4.78. The number of rotatable bonds is 8. The Labute approximate surface area is 126 Å². The molecule has 0 saturated carbocycles. The third-order valence-corrected chi connectivity index (χ3v) is 3.00. The standard InChI is InChI=1S/C19H20O2/c1-3-9-17(4-2)21-19-13-8-12-18(14-19)20-15-16-10-6-5-7-11-16/h3-8,10-14,17H,1-2,9,15H2. The maximum absolute atomic E-state index is 5.83. The smallest absolute Gasteiger partial charge is 0.123 e. The minimum Gasteiger partial charge on any atom is -0.489 e. The monoisotopic (exact) mass is 280 g/mol. The third kappa shape index (κ3) is 4.84. The van der Waals surface area contributed by atoms with Gasteiger partial charge in [0.25, 0.3) is 0 Å². The Balaban J connectivity index is 1.97. The molecule has 0 bridgehead atoms. The number of ether oxygens (including phenoxy) is 2. The molecule has 1 atom stereocenters. The molecule has 1 unspecified atom stereocenters. The first-order valence-electron chi connectivity index (χ1n) is 6.98. The average molecular weight is 280 g/mol. The molecule has 2 aromatic rings. The van der Waals surface area contributed by atoms with E-state index in [1.165, 1.54) is 0 Å². The zero-order chi connectivity index (χ0) is 14.9. The fourth-order valence-electron chi connectivity index (χ4n) is 1.91. The van der Waals surface area contributed by atoms with Crippen molar-refractivity contribution < 1.29 is 9.47 Å². The second kappa shape index (κ2) is 7.95. The van der Waals surface area contributed by atoms with Crippen LogP contribution in [0.15, 0.2) is 79.9 Å². The molecule has 2 rings (SSSR count). The highest BCUT2D eigenvalue weighted by Crippen LogP contribution is 2.22. The lowest BCUT2D eigenvalue weighted by Gasteiger charge is -2.14. The molecular weight excluding hydrogens is 260 g/mol. The van der Waals surface area contributed by atoms with Crippen LogP contribution in [0.4, 0.5) is 0 Å². The highest BCUT2D eigenvalue weighted by atomic mass is 16.5. The molecule has 0 fully saturated rings. The highest BCUT2D eigenvalue weighted by Gasteiger charge is 2.05. The predicted molar refractivity (Wildman–Crippen MR) is 86.6 cm³/mol. The van der Waals surface area contributed by atoms with E-state index in [1.807, 2.05) is 60.7 Å². The summed E-state index contributed by atoms with van der Waals surface area (Å²) in [6.45, 7) is 8.03. The molecule has 0 amide bonds. The van der Waals surface area contributed by atoms with Crippen LogP contribution in [0.1, 0.15) is 12.0 Å². The molecule has 0 aliphatic rings. The highest BCUT2D eigenvalue weighted by molar-refractivity contribution is 5.33. The lowest BCUT2D eigenvalue weighted by atomic mass is 10.2. The Bertz CT molecular complexity index is 575. The first kappa shape index (κ1) is 14.9. The van der Waals surface area contributed by atoms with Crippen molar-refractivity contribution >= 4 is 0 Å². The van der Waals surface area contributed by atoms with E-state index >= 15 is 0 Å². The molecule has 2 heteroatoms. The molecule has 21 heavy (non-hydrogen) atoms. The van der Waals surface area contributed by atoms with Gasteiger partial charge in [0.2, 0.25) is 0 Å². The molecule has 2 aromatic carbocycles. The fraction of sp³-hybridized carbons (Fsp3) is 0.158. The van der Waals surface area contributed by atoms with Crippen LogP contribution in [-0.2, 0) is 6.61 Å². The van der Waals surface area contributed by atoms with Gasteiger partial charge in [0.15, 0.2) is 0 Å². The van der Waals surface area contributed by atoms with Gasteiger partial charge in [-0.2, -0.15) is 0 Å². The van der Waals surface area contributed by atoms with Gasteiger partial charge in [-0.25, -0.2) is 0 Å². The largest absolute Gasteiger partial charge is 0.489 e. The van der Waals surface area contributed by atoms with Gasteiger partial charge in [0.05, 0.1) is 0 Å². The van der Waals surface area contributed by atoms with E-state index in [-0.39, 0.29) is 6.10 Å². The van der Waals surface area contributed by atoms with Crippen molar-refractivity contribution in [1.29, 1.82) is 0 Å². The van der Waals surface area contributed by atoms with Gasteiger partial charge in [0.1, 0.15) is 24.2 Å². The lowest BCUT2D eigenvalue weighted by Crippen LogP contribution is -2.11. The Morgan fingerprint density at radius 1 is 0.952 bits per heavy atom. The van der Waals surface area contributed by atoms with Gasteiger partial charge in [-0.05, 0) is 17.7 Å². The van der Waals surface area contributed by atoms with E-state index in [0.29, 0.717) is 6.61 Å². The van der Waals surface area contributed by atoms with Gasteiger partial charge in [0, 0.05) is 12.5 Å². The minimum atomic E-state index is -0.0631. The molecule has 0 aliphatic heterocycles. The Kier molecular flexibility index (Phi) is 5.65. The van der Waals surface area contributed by atoms with E-state index in [2.05, 4.69) is 13.2 Å². The Morgan fingerprint density at radius 3 is 2.43 bits per heavy atom. The summed E-state index contributed by atoms with van der Waals surface area (Å²) in [4.78, 5) is 0. The number of hydrogen-bond donors (Lipinski definition) is 0. The normalized spacial score (nSPS) is 11.4. The molecule has 0 heterocycles. The minimum absolute atomic E-state index is 0.0631. The van der Waals surface area contributed by atoms with Crippen molar-refractivity contribution in [2.24, 2.45) is 0 Å². The SMILES string of the molecule is C=CCC(C=C)Oc1cccc(OCc2ccccc2)c1. The molecule has 108 valence electrons. The maximum atomic E-state index is 5.83. The topological polar surface area (TPSA) is 18.5 Å². The van der Waals surface area contributed by atoms with Crippen LogP contribution in [0.3, 0.4) is 0 Å². The van der Waals surface area contributed by atoms with E-state index in [9.17, 15) is 0 Å². The summed E-state index contributed by atoms with van der Waals surface area (Å²) in [5, 5.41) is 0. The maximum Gasteiger partial charge on any atom is 0.123 e. The van der Waals surface area contributed by atoms with Crippen LogP contribution in [0.2, 0.25) is 0 Å². The summed E-state index contributed by atoms with van der Waals surface area (Å²) >= 11 is 0. The molecule has 2 nitrogen and oxygen atoms in total. The molecule has 0 N–H and O–H groups in total. The van der Waals surface area contributed by atoms with Crippen molar-refractivity contribution in [3.05, 3.63) is 85.5 Å². The number of benzene rings is 2. The Hall–Kier alpha value is -2.48. The van der Waals surface area contributed by atoms with Gasteiger partial charge in [-0.1, -0.05) is 55.1 Å². The molecule has 0 aromatic heterocycles.